The van der Waals surface area contributed by atoms with E-state index in [9.17, 15) is 9.18 Å². The van der Waals surface area contributed by atoms with Crippen molar-refractivity contribution in [1.82, 2.24) is 9.13 Å². The maximum absolute atomic E-state index is 13.0. The quantitative estimate of drug-likeness (QED) is 0.789. The maximum atomic E-state index is 13.0. The second-order valence-electron chi connectivity index (χ2n) is 3.56. The third-order valence-corrected chi connectivity index (χ3v) is 2.73. The molecule has 0 amide bonds. The molecule has 5 heteroatoms. The highest BCUT2D eigenvalue weighted by Crippen LogP contribution is 2.17. The summed E-state index contributed by atoms with van der Waals surface area (Å²) in [7, 11) is 1.66. The number of halogens is 2. The van der Waals surface area contributed by atoms with E-state index in [-0.39, 0.29) is 18.1 Å². The van der Waals surface area contributed by atoms with E-state index >= 15 is 0 Å². The van der Waals surface area contributed by atoms with E-state index in [1.807, 2.05) is 0 Å². The highest BCUT2D eigenvalue weighted by Gasteiger charge is 2.05. The first kappa shape index (κ1) is 11.0. The van der Waals surface area contributed by atoms with Crippen LogP contribution in [-0.4, -0.2) is 9.13 Å². The van der Waals surface area contributed by atoms with E-state index in [1.54, 1.807) is 19.4 Å². The Balaban J connectivity index is 2.37. The predicted molar refractivity (Wildman–Crippen MR) is 60.2 cm³/mol. The Kier molecular flexibility index (Phi) is 2.83. The highest BCUT2D eigenvalue weighted by atomic mass is 35.5. The van der Waals surface area contributed by atoms with E-state index in [2.05, 4.69) is 0 Å². The first-order valence-electron chi connectivity index (χ1n) is 4.73. The average molecular weight is 241 g/mol. The van der Waals surface area contributed by atoms with Gasteiger partial charge in [-0.2, -0.15) is 0 Å². The molecule has 0 aliphatic heterocycles. The number of aromatic nitrogens is 2. The number of hydrogen-bond donors (Lipinski definition) is 0. The van der Waals surface area contributed by atoms with Gasteiger partial charge in [-0.25, -0.2) is 9.18 Å². The van der Waals surface area contributed by atoms with Crippen molar-refractivity contribution in [3.8, 4) is 0 Å². The molecule has 16 heavy (non-hydrogen) atoms. The molecule has 0 unspecified atom stereocenters. The summed E-state index contributed by atoms with van der Waals surface area (Å²) in [6.45, 7) is 0.274. The highest BCUT2D eigenvalue weighted by molar-refractivity contribution is 6.31. The first-order chi connectivity index (χ1) is 7.58. The van der Waals surface area contributed by atoms with Crippen molar-refractivity contribution < 1.29 is 4.39 Å². The molecule has 0 saturated heterocycles. The lowest BCUT2D eigenvalue weighted by atomic mass is 10.2. The molecule has 3 nitrogen and oxygen atoms in total. The van der Waals surface area contributed by atoms with E-state index < -0.39 is 0 Å². The number of hydrogen-bond acceptors (Lipinski definition) is 1. The smallest absolute Gasteiger partial charge is 0.302 e. The topological polar surface area (TPSA) is 26.9 Å². The minimum absolute atomic E-state index is 0.152. The predicted octanol–water partition coefficient (Wildman–Crippen LogP) is 2.03. The van der Waals surface area contributed by atoms with E-state index in [1.165, 1.54) is 27.3 Å². The summed E-state index contributed by atoms with van der Waals surface area (Å²) in [6.07, 6.45) is 3.29. The summed E-state index contributed by atoms with van der Waals surface area (Å²) in [5.41, 5.74) is 0.440. The van der Waals surface area contributed by atoms with Gasteiger partial charge in [0.2, 0.25) is 0 Å². The van der Waals surface area contributed by atoms with E-state index in [0.717, 1.165) is 0 Å². The van der Waals surface area contributed by atoms with Crippen LogP contribution in [0.3, 0.4) is 0 Å². The Labute approximate surface area is 96.7 Å². The van der Waals surface area contributed by atoms with Gasteiger partial charge >= 0.3 is 5.69 Å². The Morgan fingerprint density at radius 3 is 2.75 bits per heavy atom. The monoisotopic (exact) mass is 240 g/mol. The minimum Gasteiger partial charge on any atom is -0.302 e. The van der Waals surface area contributed by atoms with Gasteiger partial charge in [0.1, 0.15) is 5.82 Å². The zero-order chi connectivity index (χ0) is 11.7. The molecule has 0 fully saturated rings. The van der Waals surface area contributed by atoms with Crippen LogP contribution in [0.15, 0.2) is 35.4 Å². The molecule has 1 aromatic carbocycles. The van der Waals surface area contributed by atoms with Crippen LogP contribution in [0.5, 0.6) is 0 Å². The van der Waals surface area contributed by atoms with Crippen LogP contribution >= 0.6 is 11.6 Å². The second-order valence-corrected chi connectivity index (χ2v) is 3.96. The van der Waals surface area contributed by atoms with Crippen LogP contribution in [0, 0.1) is 5.82 Å². The van der Waals surface area contributed by atoms with Gasteiger partial charge in [0.15, 0.2) is 0 Å². The van der Waals surface area contributed by atoms with Crippen molar-refractivity contribution in [2.75, 3.05) is 0 Å². The second kappa shape index (κ2) is 4.14. The van der Waals surface area contributed by atoms with Gasteiger partial charge in [-0.15, -0.1) is 0 Å². The Hall–Kier alpha value is -1.55. The van der Waals surface area contributed by atoms with Crippen molar-refractivity contribution in [3.05, 3.63) is 57.5 Å². The standard InChI is InChI=1S/C11H10ClFN2O/c1-14-4-5-15(11(14)16)7-8-6-9(13)2-3-10(8)12/h2-6H,7H2,1H3. The molecule has 2 aromatic rings. The molecule has 0 aliphatic carbocycles. The van der Waals surface area contributed by atoms with Gasteiger partial charge in [-0.1, -0.05) is 11.6 Å². The molecular formula is C11H10ClFN2O. The molecule has 0 spiro atoms. The molecule has 0 radical (unpaired) electrons. The molecule has 84 valence electrons. The number of benzene rings is 1. The molecule has 0 bridgehead atoms. The van der Waals surface area contributed by atoms with Crippen LogP contribution in [0.1, 0.15) is 5.56 Å². The van der Waals surface area contributed by atoms with Gasteiger partial charge in [0.05, 0.1) is 6.54 Å². The molecule has 0 saturated carbocycles. The van der Waals surface area contributed by atoms with Gasteiger partial charge in [0.25, 0.3) is 0 Å². The molecule has 0 aliphatic rings. The van der Waals surface area contributed by atoms with E-state index in [4.69, 9.17) is 11.6 Å². The minimum atomic E-state index is -0.358. The van der Waals surface area contributed by atoms with Crippen LogP contribution in [0.25, 0.3) is 0 Å². The first-order valence-corrected chi connectivity index (χ1v) is 5.11. The third-order valence-electron chi connectivity index (χ3n) is 2.37. The maximum Gasteiger partial charge on any atom is 0.328 e. The van der Waals surface area contributed by atoms with Crippen LogP contribution < -0.4 is 5.69 Å². The van der Waals surface area contributed by atoms with Crippen molar-refractivity contribution in [2.45, 2.75) is 6.54 Å². The molecule has 1 aromatic heterocycles. The Bertz CT molecular complexity index is 574. The molecular weight excluding hydrogens is 231 g/mol. The SMILES string of the molecule is Cn1ccn(Cc2cc(F)ccc2Cl)c1=O. The van der Waals surface area contributed by atoms with Gasteiger partial charge in [-0.3, -0.25) is 4.57 Å². The summed E-state index contributed by atoms with van der Waals surface area (Å²) in [5, 5.41) is 0.456. The van der Waals surface area contributed by atoms with Crippen LogP contribution in [-0.2, 0) is 13.6 Å². The summed E-state index contributed by atoms with van der Waals surface area (Å²) in [6, 6.07) is 4.11. The van der Waals surface area contributed by atoms with Gasteiger partial charge < -0.3 is 4.57 Å². The molecule has 0 N–H and O–H groups in total. The number of rotatable bonds is 2. The summed E-state index contributed by atoms with van der Waals surface area (Å²) in [4.78, 5) is 11.6. The summed E-state index contributed by atoms with van der Waals surface area (Å²) >= 11 is 5.92. The average Bonchev–Trinajstić information content (AvgIpc) is 2.55. The molecule has 1 heterocycles. The lowest BCUT2D eigenvalue weighted by Crippen LogP contribution is -2.22. The largest absolute Gasteiger partial charge is 0.328 e. The van der Waals surface area contributed by atoms with Crippen molar-refractivity contribution in [3.63, 3.8) is 0 Å². The number of aryl methyl sites for hydroxylation is 1. The zero-order valence-corrected chi connectivity index (χ0v) is 9.41. The lowest BCUT2D eigenvalue weighted by Gasteiger charge is -2.04. The van der Waals surface area contributed by atoms with Gasteiger partial charge in [-0.05, 0) is 23.8 Å². The van der Waals surface area contributed by atoms with Gasteiger partial charge in [0, 0.05) is 24.5 Å². The van der Waals surface area contributed by atoms with Crippen molar-refractivity contribution in [1.29, 1.82) is 0 Å². The fourth-order valence-corrected chi connectivity index (χ4v) is 1.66. The molecule has 2 rings (SSSR count). The van der Waals surface area contributed by atoms with Crippen LogP contribution in [0.4, 0.5) is 4.39 Å². The fourth-order valence-electron chi connectivity index (χ4n) is 1.48. The summed E-state index contributed by atoms with van der Waals surface area (Å²) in [5.74, 6) is -0.358. The lowest BCUT2D eigenvalue weighted by molar-refractivity contribution is 0.622. The summed E-state index contributed by atoms with van der Waals surface area (Å²) < 4.78 is 15.9. The van der Waals surface area contributed by atoms with Crippen LogP contribution in [0.2, 0.25) is 5.02 Å². The normalized spacial score (nSPS) is 10.7. The third kappa shape index (κ3) is 2.02. The number of imidazole rings is 1. The van der Waals surface area contributed by atoms with Crippen molar-refractivity contribution >= 4 is 11.6 Å². The Morgan fingerprint density at radius 2 is 2.12 bits per heavy atom. The van der Waals surface area contributed by atoms with E-state index in [0.29, 0.717) is 10.6 Å². The number of nitrogens with zero attached hydrogens (tertiary/aromatic N) is 2. The zero-order valence-electron chi connectivity index (χ0n) is 8.65. The fraction of sp³-hybridized carbons (Fsp3) is 0.182. The van der Waals surface area contributed by atoms with Crippen molar-refractivity contribution in [2.24, 2.45) is 7.05 Å². The Morgan fingerprint density at radius 1 is 1.38 bits per heavy atom. The molecule has 0 atom stereocenters.